The first-order valence-corrected chi connectivity index (χ1v) is 6.89. The van der Waals surface area contributed by atoms with Gasteiger partial charge in [0.1, 0.15) is 0 Å². The van der Waals surface area contributed by atoms with Crippen LogP contribution in [0.1, 0.15) is 39.0 Å². The fraction of sp³-hybridized carbons (Fsp3) is 0.923. The first-order valence-electron chi connectivity index (χ1n) is 6.89. The maximum absolute atomic E-state index is 5.55. The lowest BCUT2D eigenvalue weighted by atomic mass is 10.2. The summed E-state index contributed by atoms with van der Waals surface area (Å²) >= 11 is 0. The van der Waals surface area contributed by atoms with E-state index in [4.69, 9.17) is 4.74 Å². The maximum atomic E-state index is 5.55. The summed E-state index contributed by atoms with van der Waals surface area (Å²) in [5, 5.41) is 6.55. The molecule has 0 aromatic carbocycles. The fourth-order valence-electron chi connectivity index (χ4n) is 1.58. The highest BCUT2D eigenvalue weighted by Crippen LogP contribution is 2.28. The van der Waals surface area contributed by atoms with Crippen LogP contribution in [0.4, 0.5) is 0 Å². The molecule has 0 aromatic rings. The molecule has 0 bridgehead atoms. The van der Waals surface area contributed by atoms with Crippen molar-refractivity contribution in [3.63, 3.8) is 0 Å². The quantitative estimate of drug-likeness (QED) is 0.367. The predicted molar refractivity (Wildman–Crippen MR) is 72.4 cm³/mol. The average molecular weight is 241 g/mol. The Morgan fingerprint density at radius 1 is 1.24 bits per heavy atom. The van der Waals surface area contributed by atoms with Crippen LogP contribution in [0.25, 0.3) is 0 Å². The molecule has 0 aromatic heterocycles. The Hall–Kier alpha value is -0.770. The molecule has 4 nitrogen and oxygen atoms in total. The summed E-state index contributed by atoms with van der Waals surface area (Å²) in [6.45, 7) is 5.75. The molecule has 0 aliphatic heterocycles. The van der Waals surface area contributed by atoms with Gasteiger partial charge >= 0.3 is 0 Å². The number of ether oxygens (including phenoxy) is 1. The number of aliphatic imine (C=N–C) groups is 1. The minimum atomic E-state index is 0.770. The van der Waals surface area contributed by atoms with Gasteiger partial charge in [-0.05, 0) is 25.2 Å². The number of rotatable bonds is 9. The minimum Gasteiger partial charge on any atom is -0.379 e. The van der Waals surface area contributed by atoms with E-state index in [0.29, 0.717) is 0 Å². The second-order valence-corrected chi connectivity index (χ2v) is 4.65. The van der Waals surface area contributed by atoms with E-state index in [1.807, 2.05) is 0 Å². The fourth-order valence-corrected chi connectivity index (χ4v) is 1.58. The highest BCUT2D eigenvalue weighted by atomic mass is 16.5. The molecular formula is C13H27N3O. The standard InChI is InChI=1S/C13H27N3O/c1-3-4-5-8-15-13(14-2)16-9-10-17-11-12-6-7-12/h12H,3-11H2,1-2H3,(H2,14,15,16). The second-order valence-electron chi connectivity index (χ2n) is 4.65. The molecule has 4 heteroatoms. The summed E-state index contributed by atoms with van der Waals surface area (Å²) in [6, 6.07) is 0. The Bertz CT molecular complexity index is 215. The van der Waals surface area contributed by atoms with E-state index in [-0.39, 0.29) is 0 Å². The van der Waals surface area contributed by atoms with Crippen LogP contribution in [0.15, 0.2) is 4.99 Å². The van der Waals surface area contributed by atoms with Crippen molar-refractivity contribution in [3.8, 4) is 0 Å². The van der Waals surface area contributed by atoms with Gasteiger partial charge in [-0.1, -0.05) is 19.8 Å². The van der Waals surface area contributed by atoms with Gasteiger partial charge in [0.15, 0.2) is 5.96 Å². The Balaban J connectivity index is 1.90. The molecule has 0 amide bonds. The van der Waals surface area contributed by atoms with Crippen LogP contribution in [-0.2, 0) is 4.74 Å². The van der Waals surface area contributed by atoms with Gasteiger partial charge in [-0.3, -0.25) is 4.99 Å². The minimum absolute atomic E-state index is 0.770. The van der Waals surface area contributed by atoms with Crippen molar-refractivity contribution in [1.29, 1.82) is 0 Å². The van der Waals surface area contributed by atoms with Gasteiger partial charge in [-0.25, -0.2) is 0 Å². The SMILES string of the molecule is CCCCCNC(=NC)NCCOCC1CC1. The molecule has 0 heterocycles. The molecule has 0 unspecified atom stereocenters. The van der Waals surface area contributed by atoms with Crippen LogP contribution < -0.4 is 10.6 Å². The van der Waals surface area contributed by atoms with Crippen molar-refractivity contribution in [2.45, 2.75) is 39.0 Å². The number of nitrogens with zero attached hydrogens (tertiary/aromatic N) is 1. The van der Waals surface area contributed by atoms with E-state index in [1.54, 1.807) is 7.05 Å². The van der Waals surface area contributed by atoms with E-state index < -0.39 is 0 Å². The molecular weight excluding hydrogens is 214 g/mol. The summed E-state index contributed by atoms with van der Waals surface area (Å²) in [6.07, 6.45) is 6.44. The van der Waals surface area contributed by atoms with Crippen molar-refractivity contribution in [2.75, 3.05) is 33.4 Å². The maximum Gasteiger partial charge on any atom is 0.191 e. The lowest BCUT2D eigenvalue weighted by Gasteiger charge is -2.11. The molecule has 0 saturated heterocycles. The smallest absolute Gasteiger partial charge is 0.191 e. The summed E-state index contributed by atoms with van der Waals surface area (Å²) in [4.78, 5) is 4.17. The first kappa shape index (κ1) is 14.3. The van der Waals surface area contributed by atoms with Crippen molar-refractivity contribution < 1.29 is 4.74 Å². The summed E-state index contributed by atoms with van der Waals surface area (Å²) in [5.41, 5.74) is 0. The molecule has 100 valence electrons. The van der Waals surface area contributed by atoms with Gasteiger partial charge in [-0.2, -0.15) is 0 Å². The van der Waals surface area contributed by atoms with Crippen LogP contribution in [0.2, 0.25) is 0 Å². The van der Waals surface area contributed by atoms with E-state index in [9.17, 15) is 0 Å². The van der Waals surface area contributed by atoms with Crippen molar-refractivity contribution in [1.82, 2.24) is 10.6 Å². The van der Waals surface area contributed by atoms with Crippen LogP contribution in [0, 0.1) is 5.92 Å². The van der Waals surface area contributed by atoms with Crippen molar-refractivity contribution >= 4 is 5.96 Å². The van der Waals surface area contributed by atoms with E-state index in [0.717, 1.165) is 38.2 Å². The lowest BCUT2D eigenvalue weighted by molar-refractivity contribution is 0.129. The third-order valence-electron chi connectivity index (χ3n) is 2.89. The molecule has 1 rings (SSSR count). The van der Waals surface area contributed by atoms with E-state index >= 15 is 0 Å². The molecule has 1 aliphatic carbocycles. The van der Waals surface area contributed by atoms with E-state index in [1.165, 1.54) is 32.1 Å². The van der Waals surface area contributed by atoms with Gasteiger partial charge in [0.25, 0.3) is 0 Å². The zero-order chi connectivity index (χ0) is 12.3. The predicted octanol–water partition coefficient (Wildman–Crippen LogP) is 1.77. The third-order valence-corrected chi connectivity index (χ3v) is 2.89. The molecule has 0 spiro atoms. The van der Waals surface area contributed by atoms with Gasteiger partial charge < -0.3 is 15.4 Å². The average Bonchev–Trinajstić information content (AvgIpc) is 3.15. The highest BCUT2D eigenvalue weighted by molar-refractivity contribution is 5.79. The molecule has 2 N–H and O–H groups in total. The van der Waals surface area contributed by atoms with Gasteiger partial charge in [0.05, 0.1) is 6.61 Å². The van der Waals surface area contributed by atoms with Gasteiger partial charge in [0.2, 0.25) is 0 Å². The largest absolute Gasteiger partial charge is 0.379 e. The van der Waals surface area contributed by atoms with Crippen molar-refractivity contribution in [3.05, 3.63) is 0 Å². The Labute approximate surface area is 105 Å². The Morgan fingerprint density at radius 2 is 2.00 bits per heavy atom. The molecule has 1 aliphatic rings. The third kappa shape index (κ3) is 8.02. The van der Waals surface area contributed by atoms with E-state index in [2.05, 4.69) is 22.5 Å². The Kier molecular flexibility index (Phi) is 7.80. The summed E-state index contributed by atoms with van der Waals surface area (Å²) < 4.78 is 5.55. The molecule has 0 radical (unpaired) electrons. The normalized spacial score (nSPS) is 16.0. The van der Waals surface area contributed by atoms with Crippen LogP contribution >= 0.6 is 0 Å². The number of guanidine groups is 1. The number of nitrogens with one attached hydrogen (secondary N) is 2. The summed E-state index contributed by atoms with van der Waals surface area (Å²) in [7, 11) is 1.81. The molecule has 17 heavy (non-hydrogen) atoms. The van der Waals surface area contributed by atoms with Gasteiger partial charge in [-0.15, -0.1) is 0 Å². The van der Waals surface area contributed by atoms with Crippen LogP contribution in [0.3, 0.4) is 0 Å². The summed E-state index contributed by atoms with van der Waals surface area (Å²) in [5.74, 6) is 1.73. The zero-order valence-electron chi connectivity index (χ0n) is 11.3. The highest BCUT2D eigenvalue weighted by Gasteiger charge is 2.20. The molecule has 1 saturated carbocycles. The number of hydrogen-bond acceptors (Lipinski definition) is 2. The lowest BCUT2D eigenvalue weighted by Crippen LogP contribution is -2.39. The van der Waals surface area contributed by atoms with Crippen molar-refractivity contribution in [2.24, 2.45) is 10.9 Å². The topological polar surface area (TPSA) is 45.7 Å². The number of hydrogen-bond donors (Lipinski definition) is 2. The zero-order valence-corrected chi connectivity index (χ0v) is 11.3. The molecule has 1 fully saturated rings. The van der Waals surface area contributed by atoms with Crippen LogP contribution in [0.5, 0.6) is 0 Å². The van der Waals surface area contributed by atoms with Crippen LogP contribution in [-0.4, -0.2) is 39.3 Å². The number of unbranched alkanes of at least 4 members (excludes halogenated alkanes) is 2. The molecule has 0 atom stereocenters. The second kappa shape index (κ2) is 9.28. The van der Waals surface area contributed by atoms with Gasteiger partial charge in [0, 0.05) is 26.7 Å². The monoisotopic (exact) mass is 241 g/mol. The Morgan fingerprint density at radius 3 is 2.65 bits per heavy atom. The first-order chi connectivity index (χ1) is 8.36.